The Balaban J connectivity index is 2.20. The van der Waals surface area contributed by atoms with Gasteiger partial charge in [0.1, 0.15) is 4.90 Å². The second-order valence-corrected chi connectivity index (χ2v) is 7.57. The number of hydrogen-bond donors (Lipinski definition) is 1. The molecule has 0 aliphatic rings. The quantitative estimate of drug-likeness (QED) is 0.898. The first kappa shape index (κ1) is 14.0. The molecule has 3 nitrogen and oxygen atoms in total. The summed E-state index contributed by atoms with van der Waals surface area (Å²) in [6.45, 7) is 0.270. The molecule has 0 spiro atoms. The highest BCUT2D eigenvalue weighted by Gasteiger charge is 2.17. The molecular weight excluding hydrogens is 358 g/mol. The number of halogens is 2. The van der Waals surface area contributed by atoms with Crippen LogP contribution in [0.2, 0.25) is 5.02 Å². The zero-order chi connectivity index (χ0) is 13.2. The molecule has 1 N–H and O–H groups in total. The molecule has 0 atom stereocenters. The van der Waals surface area contributed by atoms with Crippen LogP contribution in [0.3, 0.4) is 0 Å². The lowest BCUT2D eigenvalue weighted by Crippen LogP contribution is -2.23. The van der Waals surface area contributed by atoms with Crippen molar-refractivity contribution in [1.29, 1.82) is 0 Å². The second kappa shape index (κ2) is 5.71. The van der Waals surface area contributed by atoms with Gasteiger partial charge < -0.3 is 0 Å². The average molecular weight is 367 g/mol. The predicted molar refractivity (Wildman–Crippen MR) is 77.5 cm³/mol. The Kier molecular flexibility index (Phi) is 4.45. The van der Waals surface area contributed by atoms with Crippen LogP contribution in [0.15, 0.2) is 45.1 Å². The third kappa shape index (κ3) is 3.33. The first-order valence-electron chi connectivity index (χ1n) is 4.96. The van der Waals surface area contributed by atoms with E-state index in [1.165, 1.54) is 17.4 Å². The molecule has 0 fully saturated rings. The van der Waals surface area contributed by atoms with E-state index in [4.69, 9.17) is 11.6 Å². The van der Waals surface area contributed by atoms with E-state index < -0.39 is 10.0 Å². The summed E-state index contributed by atoms with van der Waals surface area (Å²) in [5, 5.41) is 2.10. The third-order valence-corrected chi connectivity index (χ3v) is 5.45. The van der Waals surface area contributed by atoms with E-state index in [-0.39, 0.29) is 16.5 Å². The number of hydrogen-bond acceptors (Lipinski definition) is 3. The van der Waals surface area contributed by atoms with Crippen LogP contribution >= 0.6 is 38.9 Å². The first-order valence-corrected chi connectivity index (χ1v) is 8.49. The molecule has 7 heteroatoms. The van der Waals surface area contributed by atoms with Crippen LogP contribution in [0.4, 0.5) is 0 Å². The fraction of sp³-hybridized carbons (Fsp3) is 0.0909. The van der Waals surface area contributed by atoms with E-state index in [0.717, 1.165) is 9.35 Å². The fourth-order valence-electron chi connectivity index (χ4n) is 1.35. The van der Waals surface area contributed by atoms with E-state index in [1.807, 2.05) is 17.5 Å². The van der Waals surface area contributed by atoms with Crippen molar-refractivity contribution < 1.29 is 8.42 Å². The van der Waals surface area contributed by atoms with E-state index >= 15 is 0 Å². The topological polar surface area (TPSA) is 46.2 Å². The first-order chi connectivity index (χ1) is 8.49. The summed E-state index contributed by atoms with van der Waals surface area (Å²) in [6.07, 6.45) is 0. The molecule has 0 saturated heterocycles. The second-order valence-electron chi connectivity index (χ2n) is 3.48. The van der Waals surface area contributed by atoms with Gasteiger partial charge >= 0.3 is 0 Å². The third-order valence-electron chi connectivity index (χ3n) is 2.20. The van der Waals surface area contributed by atoms with E-state index in [2.05, 4.69) is 20.7 Å². The monoisotopic (exact) mass is 365 g/mol. The molecule has 2 rings (SSSR count). The zero-order valence-electron chi connectivity index (χ0n) is 9.06. The minimum atomic E-state index is -3.58. The minimum Gasteiger partial charge on any atom is -0.207 e. The van der Waals surface area contributed by atoms with Gasteiger partial charge in [-0.1, -0.05) is 33.6 Å². The van der Waals surface area contributed by atoms with Gasteiger partial charge in [-0.25, -0.2) is 13.1 Å². The Labute approximate surface area is 123 Å². The summed E-state index contributed by atoms with van der Waals surface area (Å²) in [4.78, 5) is 1.04. The Morgan fingerprint density at radius 2 is 2.11 bits per heavy atom. The van der Waals surface area contributed by atoms with Crippen LogP contribution < -0.4 is 4.72 Å². The summed E-state index contributed by atoms with van der Waals surface area (Å²) in [5.41, 5.74) is 0. The maximum Gasteiger partial charge on any atom is 0.242 e. The SMILES string of the molecule is O=S(=O)(NCc1cccs1)c1ccc(Br)cc1Cl. The van der Waals surface area contributed by atoms with E-state index in [1.54, 1.807) is 12.1 Å². The largest absolute Gasteiger partial charge is 0.242 e. The highest BCUT2D eigenvalue weighted by Crippen LogP contribution is 2.25. The molecule has 0 amide bonds. The molecule has 0 saturated carbocycles. The molecule has 1 heterocycles. The molecule has 1 aromatic heterocycles. The van der Waals surface area contributed by atoms with Crippen molar-refractivity contribution in [3.05, 3.63) is 50.1 Å². The van der Waals surface area contributed by atoms with Crippen LogP contribution in [-0.4, -0.2) is 8.42 Å². The van der Waals surface area contributed by atoms with E-state index in [9.17, 15) is 8.42 Å². The van der Waals surface area contributed by atoms with Gasteiger partial charge in [0.2, 0.25) is 10.0 Å². The van der Waals surface area contributed by atoms with Crippen molar-refractivity contribution in [3.63, 3.8) is 0 Å². The highest BCUT2D eigenvalue weighted by molar-refractivity contribution is 9.10. The van der Waals surface area contributed by atoms with Crippen LogP contribution in [0.5, 0.6) is 0 Å². The summed E-state index contributed by atoms with van der Waals surface area (Å²) in [7, 11) is -3.58. The number of sulfonamides is 1. The number of nitrogens with one attached hydrogen (secondary N) is 1. The molecule has 1 aromatic carbocycles. The van der Waals surface area contributed by atoms with Gasteiger partial charge in [0.15, 0.2) is 0 Å². The van der Waals surface area contributed by atoms with Crippen molar-refractivity contribution in [2.75, 3.05) is 0 Å². The smallest absolute Gasteiger partial charge is 0.207 e. The minimum absolute atomic E-state index is 0.0870. The normalized spacial score (nSPS) is 11.7. The molecule has 2 aromatic rings. The van der Waals surface area contributed by atoms with Crippen LogP contribution in [0.25, 0.3) is 0 Å². The Morgan fingerprint density at radius 3 is 2.72 bits per heavy atom. The van der Waals surface area contributed by atoms with Gasteiger partial charge in [-0.3, -0.25) is 0 Å². The maximum absolute atomic E-state index is 12.1. The number of benzene rings is 1. The average Bonchev–Trinajstić information content (AvgIpc) is 2.78. The highest BCUT2D eigenvalue weighted by atomic mass is 79.9. The van der Waals surface area contributed by atoms with Crippen molar-refractivity contribution >= 4 is 48.9 Å². The van der Waals surface area contributed by atoms with Crippen molar-refractivity contribution in [3.8, 4) is 0 Å². The molecular formula is C11H9BrClNO2S2. The van der Waals surface area contributed by atoms with Gasteiger partial charge in [-0.15, -0.1) is 11.3 Å². The molecule has 0 bridgehead atoms. The molecule has 0 unspecified atom stereocenters. The van der Waals surface area contributed by atoms with Crippen molar-refractivity contribution in [1.82, 2.24) is 4.72 Å². The lowest BCUT2D eigenvalue weighted by molar-refractivity contribution is 0.582. The van der Waals surface area contributed by atoms with Crippen LogP contribution in [-0.2, 0) is 16.6 Å². The molecule has 0 aliphatic carbocycles. The van der Waals surface area contributed by atoms with Crippen molar-refractivity contribution in [2.24, 2.45) is 0 Å². The van der Waals surface area contributed by atoms with Gasteiger partial charge in [0, 0.05) is 15.9 Å². The van der Waals surface area contributed by atoms with Gasteiger partial charge in [-0.05, 0) is 29.6 Å². The Bertz CT molecular complexity index is 641. The molecule has 18 heavy (non-hydrogen) atoms. The Morgan fingerprint density at radius 1 is 1.33 bits per heavy atom. The fourth-order valence-corrected chi connectivity index (χ4v) is 4.13. The number of thiophene rings is 1. The molecule has 0 radical (unpaired) electrons. The lowest BCUT2D eigenvalue weighted by atomic mass is 10.4. The molecule has 96 valence electrons. The Hall–Kier alpha value is -0.400. The summed E-state index contributed by atoms with van der Waals surface area (Å²) in [6, 6.07) is 8.42. The lowest BCUT2D eigenvalue weighted by Gasteiger charge is -2.07. The van der Waals surface area contributed by atoms with Crippen LogP contribution in [0, 0.1) is 0 Å². The van der Waals surface area contributed by atoms with Gasteiger partial charge in [-0.2, -0.15) is 0 Å². The zero-order valence-corrected chi connectivity index (χ0v) is 13.0. The summed E-state index contributed by atoms with van der Waals surface area (Å²) < 4.78 is 27.4. The molecule has 0 aliphatic heterocycles. The van der Waals surface area contributed by atoms with Gasteiger partial charge in [0.05, 0.1) is 5.02 Å². The predicted octanol–water partition coefficient (Wildman–Crippen LogP) is 3.64. The number of rotatable bonds is 4. The van der Waals surface area contributed by atoms with Crippen molar-refractivity contribution in [2.45, 2.75) is 11.4 Å². The summed E-state index contributed by atoms with van der Waals surface area (Å²) >= 11 is 10.7. The van der Waals surface area contributed by atoms with Gasteiger partial charge in [0.25, 0.3) is 0 Å². The maximum atomic E-state index is 12.1. The van der Waals surface area contributed by atoms with E-state index in [0.29, 0.717) is 0 Å². The van der Waals surface area contributed by atoms with Crippen LogP contribution in [0.1, 0.15) is 4.88 Å². The summed E-state index contributed by atoms with van der Waals surface area (Å²) in [5.74, 6) is 0. The standard InChI is InChI=1S/C11H9BrClNO2S2/c12-8-3-4-11(10(13)6-8)18(15,16)14-7-9-2-1-5-17-9/h1-6,14H,7H2.